The number of carbonyl (C=O) groups excluding carboxylic acids is 3. The van der Waals surface area contributed by atoms with E-state index in [4.69, 9.17) is 21.1 Å². The number of carbonyl (C=O) groups is 3. The lowest BCUT2D eigenvalue weighted by Crippen LogP contribution is -2.43. The summed E-state index contributed by atoms with van der Waals surface area (Å²) >= 11 is 5.72. The van der Waals surface area contributed by atoms with E-state index < -0.39 is 24.4 Å². The summed E-state index contributed by atoms with van der Waals surface area (Å²) in [5.41, 5.74) is 4.65. The highest BCUT2D eigenvalue weighted by Crippen LogP contribution is 2.09. The Hall–Kier alpha value is -3.06. The summed E-state index contributed by atoms with van der Waals surface area (Å²) in [5.74, 6) is -1.40. The maximum absolute atomic E-state index is 11.8. The van der Waals surface area contributed by atoms with Crippen LogP contribution in [0.3, 0.4) is 0 Å². The molecule has 0 spiro atoms. The molecule has 0 unspecified atom stereocenters. The van der Waals surface area contributed by atoms with Gasteiger partial charge in [-0.05, 0) is 36.4 Å². The molecule has 0 heterocycles. The van der Waals surface area contributed by atoms with Crippen LogP contribution in [0.1, 0.15) is 10.4 Å². The third-order valence-corrected chi connectivity index (χ3v) is 3.14. The highest BCUT2D eigenvalue weighted by Gasteiger charge is 2.10. The molecule has 0 aliphatic heterocycles. The predicted molar refractivity (Wildman–Crippen MR) is 90.0 cm³/mol. The van der Waals surface area contributed by atoms with Gasteiger partial charge in [0.15, 0.2) is 13.2 Å². The second-order valence-corrected chi connectivity index (χ2v) is 5.21. The Morgan fingerprint density at radius 2 is 1.56 bits per heavy atom. The number of rotatable bonds is 6. The molecule has 2 aromatic rings. The molecule has 2 aromatic carbocycles. The van der Waals surface area contributed by atoms with E-state index in [1.54, 1.807) is 36.4 Å². The minimum atomic E-state index is -0.706. The molecule has 130 valence electrons. The van der Waals surface area contributed by atoms with Crippen LogP contribution in [0.4, 0.5) is 0 Å². The van der Waals surface area contributed by atoms with Crippen molar-refractivity contribution in [3.05, 3.63) is 65.2 Å². The standard InChI is InChI=1S/C17H15ClN2O5/c18-13-8-6-12(7-9-13)17(23)20-19-15(21)10-25-16(22)11-24-14-4-2-1-3-5-14/h1-9H,10-11H2,(H,19,21)(H,20,23). The van der Waals surface area contributed by atoms with Crippen LogP contribution >= 0.6 is 11.6 Å². The smallest absolute Gasteiger partial charge is 0.344 e. The third-order valence-electron chi connectivity index (χ3n) is 2.89. The molecule has 0 saturated carbocycles. The summed E-state index contributed by atoms with van der Waals surface area (Å²) in [6.07, 6.45) is 0. The largest absolute Gasteiger partial charge is 0.482 e. The van der Waals surface area contributed by atoms with Gasteiger partial charge < -0.3 is 9.47 Å². The number of ether oxygens (including phenoxy) is 2. The summed E-state index contributed by atoms with van der Waals surface area (Å²) < 4.78 is 9.91. The Bertz CT molecular complexity index is 734. The van der Waals surface area contributed by atoms with E-state index in [0.29, 0.717) is 16.3 Å². The number of hydrazine groups is 1. The second-order valence-electron chi connectivity index (χ2n) is 4.77. The highest BCUT2D eigenvalue weighted by atomic mass is 35.5. The van der Waals surface area contributed by atoms with E-state index in [2.05, 4.69) is 10.9 Å². The van der Waals surface area contributed by atoms with E-state index in [1.165, 1.54) is 12.1 Å². The predicted octanol–water partition coefficient (Wildman–Crippen LogP) is 1.72. The molecule has 0 atom stereocenters. The van der Waals surface area contributed by atoms with E-state index in [1.807, 2.05) is 6.07 Å². The van der Waals surface area contributed by atoms with Crippen LogP contribution in [0.2, 0.25) is 5.02 Å². The van der Waals surface area contributed by atoms with Crippen LogP contribution in [0, 0.1) is 0 Å². The maximum atomic E-state index is 11.8. The zero-order valence-electron chi connectivity index (χ0n) is 13.0. The van der Waals surface area contributed by atoms with Crippen molar-refractivity contribution in [3.63, 3.8) is 0 Å². The summed E-state index contributed by atoms with van der Waals surface area (Å²) in [7, 11) is 0. The van der Waals surface area contributed by atoms with Crippen LogP contribution in [0.25, 0.3) is 0 Å². The molecular formula is C17H15ClN2O5. The minimum absolute atomic E-state index is 0.318. The molecule has 2 rings (SSSR count). The van der Waals surface area contributed by atoms with Crippen molar-refractivity contribution in [1.29, 1.82) is 0 Å². The molecular weight excluding hydrogens is 348 g/mol. The average Bonchev–Trinajstić information content (AvgIpc) is 2.64. The number of esters is 1. The first kappa shape index (κ1) is 18.3. The first-order valence-corrected chi connectivity index (χ1v) is 7.60. The Kier molecular flexibility index (Phi) is 6.79. The molecule has 0 aliphatic carbocycles. The number of hydrogen-bond acceptors (Lipinski definition) is 5. The second kappa shape index (κ2) is 9.29. The fraction of sp³-hybridized carbons (Fsp3) is 0.118. The summed E-state index contributed by atoms with van der Waals surface area (Å²) in [6.45, 7) is -0.869. The summed E-state index contributed by atoms with van der Waals surface area (Å²) in [6, 6.07) is 14.8. The normalized spacial score (nSPS) is 9.80. The monoisotopic (exact) mass is 362 g/mol. The topological polar surface area (TPSA) is 93.7 Å². The molecule has 7 nitrogen and oxygen atoms in total. The number of hydrogen-bond donors (Lipinski definition) is 2. The highest BCUT2D eigenvalue weighted by molar-refractivity contribution is 6.30. The van der Waals surface area contributed by atoms with Crippen molar-refractivity contribution in [2.75, 3.05) is 13.2 Å². The quantitative estimate of drug-likeness (QED) is 0.603. The van der Waals surface area contributed by atoms with Gasteiger partial charge in [0.2, 0.25) is 0 Å². The first-order chi connectivity index (χ1) is 12.0. The minimum Gasteiger partial charge on any atom is -0.482 e. The molecule has 0 radical (unpaired) electrons. The maximum Gasteiger partial charge on any atom is 0.344 e. The molecule has 0 aromatic heterocycles. The van der Waals surface area contributed by atoms with Crippen molar-refractivity contribution >= 4 is 29.4 Å². The van der Waals surface area contributed by atoms with Gasteiger partial charge in [-0.2, -0.15) is 0 Å². The van der Waals surface area contributed by atoms with E-state index in [-0.39, 0.29) is 6.61 Å². The van der Waals surface area contributed by atoms with Gasteiger partial charge in [-0.1, -0.05) is 29.8 Å². The van der Waals surface area contributed by atoms with Gasteiger partial charge in [-0.3, -0.25) is 20.4 Å². The van der Waals surface area contributed by atoms with Crippen LogP contribution in [0.5, 0.6) is 5.75 Å². The van der Waals surface area contributed by atoms with Crippen LogP contribution in [-0.4, -0.2) is 31.0 Å². The van der Waals surface area contributed by atoms with Crippen molar-refractivity contribution in [1.82, 2.24) is 10.9 Å². The van der Waals surface area contributed by atoms with Crippen molar-refractivity contribution in [3.8, 4) is 5.75 Å². The van der Waals surface area contributed by atoms with Crippen molar-refractivity contribution in [2.45, 2.75) is 0 Å². The fourth-order valence-electron chi connectivity index (χ4n) is 1.68. The lowest BCUT2D eigenvalue weighted by atomic mass is 10.2. The first-order valence-electron chi connectivity index (χ1n) is 7.23. The molecule has 0 fully saturated rings. The Labute approximate surface area is 148 Å². The van der Waals surface area contributed by atoms with Crippen molar-refractivity contribution in [2.24, 2.45) is 0 Å². The third kappa shape index (κ3) is 6.52. The molecule has 8 heteroatoms. The zero-order chi connectivity index (χ0) is 18.1. The number of nitrogens with one attached hydrogen (secondary N) is 2. The molecule has 2 N–H and O–H groups in total. The fourth-order valence-corrected chi connectivity index (χ4v) is 1.81. The number of para-hydroxylation sites is 1. The van der Waals surface area contributed by atoms with E-state index in [9.17, 15) is 14.4 Å². The van der Waals surface area contributed by atoms with Crippen molar-refractivity contribution < 1.29 is 23.9 Å². The molecule has 2 amide bonds. The molecule has 0 aliphatic rings. The molecule has 0 saturated heterocycles. The average molecular weight is 363 g/mol. The Morgan fingerprint density at radius 3 is 2.24 bits per heavy atom. The molecule has 25 heavy (non-hydrogen) atoms. The zero-order valence-corrected chi connectivity index (χ0v) is 13.8. The van der Waals surface area contributed by atoms with E-state index >= 15 is 0 Å². The summed E-state index contributed by atoms with van der Waals surface area (Å²) in [4.78, 5) is 34.8. The van der Waals surface area contributed by atoms with E-state index in [0.717, 1.165) is 0 Å². The molecule has 0 bridgehead atoms. The number of benzene rings is 2. The number of halogens is 1. The number of amides is 2. The van der Waals surface area contributed by atoms with Crippen LogP contribution < -0.4 is 15.6 Å². The van der Waals surface area contributed by atoms with Gasteiger partial charge in [0.05, 0.1) is 0 Å². The van der Waals surface area contributed by atoms with Crippen LogP contribution in [0.15, 0.2) is 54.6 Å². The SMILES string of the molecule is O=C(COC(=O)COc1ccccc1)NNC(=O)c1ccc(Cl)cc1. The van der Waals surface area contributed by atoms with Gasteiger partial charge in [0, 0.05) is 10.6 Å². The van der Waals surface area contributed by atoms with Gasteiger partial charge in [-0.15, -0.1) is 0 Å². The van der Waals surface area contributed by atoms with Gasteiger partial charge in [0.1, 0.15) is 5.75 Å². The summed E-state index contributed by atoms with van der Waals surface area (Å²) in [5, 5.41) is 0.491. The Morgan fingerprint density at radius 1 is 0.880 bits per heavy atom. The van der Waals surface area contributed by atoms with Gasteiger partial charge >= 0.3 is 5.97 Å². The van der Waals surface area contributed by atoms with Gasteiger partial charge in [0.25, 0.3) is 11.8 Å². The van der Waals surface area contributed by atoms with Crippen LogP contribution in [-0.2, 0) is 14.3 Å². The Balaban J connectivity index is 1.65. The lowest BCUT2D eigenvalue weighted by Gasteiger charge is -2.09. The lowest BCUT2D eigenvalue weighted by molar-refractivity contribution is -0.150. The van der Waals surface area contributed by atoms with Gasteiger partial charge in [-0.25, -0.2) is 4.79 Å².